The van der Waals surface area contributed by atoms with Crippen LogP contribution in [0.25, 0.3) is 0 Å². The third-order valence-corrected chi connectivity index (χ3v) is 7.51. The Bertz CT molecular complexity index is 651. The number of carbonyl (C=O) groups excluding carboxylic acids is 2. The molecule has 0 aromatic rings. The van der Waals surface area contributed by atoms with Gasteiger partial charge in [-0.15, -0.1) is 0 Å². The molecule has 10 heteroatoms. The van der Waals surface area contributed by atoms with Crippen molar-refractivity contribution >= 4 is 11.8 Å². The fraction of sp³-hybridized carbons (Fsp3) is 0.933. The highest BCUT2D eigenvalue weighted by Crippen LogP contribution is 2.22. The molecule has 1 aliphatic rings. The van der Waals surface area contributed by atoms with Crippen LogP contribution in [0.15, 0.2) is 0 Å². The largest absolute Gasteiger partial charge is 0.394 e. The predicted octanol–water partition coefficient (Wildman–Crippen LogP) is 3.08. The molecule has 236 valence electrons. The molecule has 0 aromatic heterocycles. The Morgan fingerprint density at radius 1 is 0.750 bits per heavy atom. The molecule has 0 radical (unpaired) electrons. The summed E-state index contributed by atoms with van der Waals surface area (Å²) in [5.41, 5.74) is 0. The van der Waals surface area contributed by atoms with Crippen LogP contribution in [0.3, 0.4) is 0 Å². The number of unbranched alkanes of at least 4 members (excludes halogenated alkanes) is 14. The lowest BCUT2D eigenvalue weighted by Crippen LogP contribution is -2.60. The normalized spacial score (nSPS) is 23.6. The van der Waals surface area contributed by atoms with Crippen molar-refractivity contribution in [2.24, 2.45) is 0 Å². The highest BCUT2D eigenvalue weighted by molar-refractivity contribution is 5.87. The zero-order chi connectivity index (χ0) is 29.6. The summed E-state index contributed by atoms with van der Waals surface area (Å²) in [7, 11) is 0. The van der Waals surface area contributed by atoms with Crippen LogP contribution in [-0.2, 0) is 19.1 Å². The molecule has 0 saturated carbocycles. The molecule has 1 heterocycles. The molecule has 6 N–H and O–H groups in total. The van der Waals surface area contributed by atoms with Crippen LogP contribution < -0.4 is 10.6 Å². The molecule has 1 rings (SSSR count). The smallest absolute Gasteiger partial charge is 0.244 e. The van der Waals surface area contributed by atoms with E-state index in [0.717, 1.165) is 44.9 Å². The lowest BCUT2D eigenvalue weighted by Gasteiger charge is -2.39. The second-order valence-electron chi connectivity index (χ2n) is 11.1. The fourth-order valence-electron chi connectivity index (χ4n) is 4.86. The number of amides is 2. The summed E-state index contributed by atoms with van der Waals surface area (Å²) in [6.45, 7) is 3.99. The van der Waals surface area contributed by atoms with Gasteiger partial charge in [-0.3, -0.25) is 9.59 Å². The Morgan fingerprint density at radius 3 is 1.82 bits per heavy atom. The molecule has 0 bridgehead atoms. The first-order valence-electron chi connectivity index (χ1n) is 15.8. The Kier molecular flexibility index (Phi) is 21.4. The first-order chi connectivity index (χ1) is 19.3. The summed E-state index contributed by atoms with van der Waals surface area (Å²) < 4.78 is 11.0. The number of carbonyl (C=O) groups is 2. The number of aliphatic hydroxyl groups excluding tert-OH is 4. The lowest BCUT2D eigenvalue weighted by atomic mass is 9.99. The molecular formula is C30H58N2O8. The Labute approximate surface area is 241 Å². The number of hydrogen-bond acceptors (Lipinski definition) is 8. The summed E-state index contributed by atoms with van der Waals surface area (Å²) in [6, 6.07) is -1.01. The monoisotopic (exact) mass is 574 g/mol. The van der Waals surface area contributed by atoms with Crippen molar-refractivity contribution in [2.75, 3.05) is 19.8 Å². The lowest BCUT2D eigenvalue weighted by molar-refractivity contribution is -0.301. The zero-order valence-electron chi connectivity index (χ0n) is 25.0. The maximum Gasteiger partial charge on any atom is 0.244 e. The molecule has 0 spiro atoms. The molecule has 0 aliphatic carbocycles. The molecule has 0 unspecified atom stereocenters. The van der Waals surface area contributed by atoms with Crippen molar-refractivity contribution in [3.05, 3.63) is 0 Å². The van der Waals surface area contributed by atoms with Crippen LogP contribution >= 0.6 is 0 Å². The van der Waals surface area contributed by atoms with E-state index in [1.54, 1.807) is 0 Å². The number of hydrogen-bond donors (Lipinski definition) is 6. The minimum Gasteiger partial charge on any atom is -0.394 e. The van der Waals surface area contributed by atoms with Gasteiger partial charge in [0.25, 0.3) is 0 Å². The van der Waals surface area contributed by atoms with E-state index >= 15 is 0 Å². The average molecular weight is 575 g/mol. The van der Waals surface area contributed by atoms with E-state index in [-0.39, 0.29) is 12.5 Å². The summed E-state index contributed by atoms with van der Waals surface area (Å²) in [5.74, 6) is -0.647. The highest BCUT2D eigenvalue weighted by atomic mass is 16.7. The first-order valence-corrected chi connectivity index (χ1v) is 15.8. The van der Waals surface area contributed by atoms with Crippen LogP contribution in [0.5, 0.6) is 0 Å². The molecular weight excluding hydrogens is 516 g/mol. The van der Waals surface area contributed by atoms with Crippen LogP contribution in [0.1, 0.15) is 123 Å². The van der Waals surface area contributed by atoms with Gasteiger partial charge in [-0.05, 0) is 12.8 Å². The highest BCUT2D eigenvalue weighted by Gasteiger charge is 2.44. The summed E-state index contributed by atoms with van der Waals surface area (Å²) >= 11 is 0. The fourth-order valence-corrected chi connectivity index (χ4v) is 4.86. The number of ether oxygens (including phenoxy) is 2. The van der Waals surface area contributed by atoms with Crippen molar-refractivity contribution in [3.63, 3.8) is 0 Å². The van der Waals surface area contributed by atoms with Crippen LogP contribution in [0.4, 0.5) is 0 Å². The molecule has 10 nitrogen and oxygen atoms in total. The van der Waals surface area contributed by atoms with E-state index in [1.807, 2.05) is 0 Å². The average Bonchev–Trinajstić information content (AvgIpc) is 2.95. The molecule has 1 fully saturated rings. The number of aliphatic hydroxyl groups is 4. The van der Waals surface area contributed by atoms with Crippen molar-refractivity contribution in [1.29, 1.82) is 0 Å². The standard InChI is InChI=1S/C30H58N2O8/c1-3-5-7-9-11-12-14-16-18-20-31-29(38)23(32-25(34)19-17-15-13-10-8-6-4-2)22-39-30-28(37)27(36)26(35)24(21-33)40-30/h23-24,26-28,30,33,35-37H,3-22H2,1-2H3,(H,31,38)(H,32,34)/t23-,24+,26-,27-,28+,30-/m0/s1. The van der Waals surface area contributed by atoms with Gasteiger partial charge in [0.15, 0.2) is 6.29 Å². The SMILES string of the molecule is CCCCCCCCCCCNC(=O)[C@H](CO[C@H]1O[C@H](CO)[C@H](O)[C@H](O)[C@H]1O)NC(=O)CCCCCCCCC. The quantitative estimate of drug-likeness (QED) is 0.0960. The number of nitrogens with one attached hydrogen (secondary N) is 2. The third-order valence-electron chi connectivity index (χ3n) is 7.51. The van der Waals surface area contributed by atoms with Gasteiger partial charge < -0.3 is 40.5 Å². The molecule has 2 amide bonds. The van der Waals surface area contributed by atoms with Crippen molar-refractivity contribution < 1.29 is 39.5 Å². The molecule has 0 aromatic carbocycles. The van der Waals surface area contributed by atoms with E-state index < -0.39 is 49.3 Å². The van der Waals surface area contributed by atoms with Crippen LogP contribution in [0.2, 0.25) is 0 Å². The summed E-state index contributed by atoms with van der Waals surface area (Å²) in [5, 5.41) is 45.2. The summed E-state index contributed by atoms with van der Waals surface area (Å²) in [4.78, 5) is 25.6. The van der Waals surface area contributed by atoms with E-state index in [2.05, 4.69) is 24.5 Å². The van der Waals surface area contributed by atoms with E-state index in [1.165, 1.54) is 57.8 Å². The van der Waals surface area contributed by atoms with E-state index in [0.29, 0.717) is 13.0 Å². The van der Waals surface area contributed by atoms with Gasteiger partial charge in [0.05, 0.1) is 13.2 Å². The minimum atomic E-state index is -1.58. The second-order valence-corrected chi connectivity index (χ2v) is 11.1. The van der Waals surface area contributed by atoms with Gasteiger partial charge in [0.2, 0.25) is 11.8 Å². The van der Waals surface area contributed by atoms with Gasteiger partial charge in [0.1, 0.15) is 30.5 Å². The van der Waals surface area contributed by atoms with Crippen molar-refractivity contribution in [2.45, 2.75) is 160 Å². The van der Waals surface area contributed by atoms with Gasteiger partial charge in [-0.2, -0.15) is 0 Å². The minimum absolute atomic E-state index is 0.255. The van der Waals surface area contributed by atoms with E-state index in [9.17, 15) is 30.0 Å². The summed E-state index contributed by atoms with van der Waals surface area (Å²) in [6.07, 6.45) is 11.2. The molecule has 6 atom stereocenters. The van der Waals surface area contributed by atoms with Gasteiger partial charge in [-0.25, -0.2) is 0 Å². The van der Waals surface area contributed by atoms with Crippen LogP contribution in [0, 0.1) is 0 Å². The van der Waals surface area contributed by atoms with E-state index in [4.69, 9.17) is 9.47 Å². The van der Waals surface area contributed by atoms with Gasteiger partial charge >= 0.3 is 0 Å². The Hall–Kier alpha value is -1.30. The molecule has 1 aliphatic heterocycles. The number of rotatable bonds is 24. The topological polar surface area (TPSA) is 158 Å². The van der Waals surface area contributed by atoms with Crippen LogP contribution in [-0.4, -0.2) is 88.7 Å². The van der Waals surface area contributed by atoms with Crippen molar-refractivity contribution in [1.82, 2.24) is 10.6 Å². The molecule has 1 saturated heterocycles. The van der Waals surface area contributed by atoms with Gasteiger partial charge in [-0.1, -0.05) is 104 Å². The Morgan fingerprint density at radius 2 is 1.27 bits per heavy atom. The van der Waals surface area contributed by atoms with Gasteiger partial charge in [0, 0.05) is 13.0 Å². The Balaban J connectivity index is 2.52. The third kappa shape index (κ3) is 15.6. The maximum absolute atomic E-state index is 12.9. The maximum atomic E-state index is 12.9. The second kappa shape index (κ2) is 23.3. The first kappa shape index (κ1) is 36.7. The van der Waals surface area contributed by atoms with Crippen molar-refractivity contribution in [3.8, 4) is 0 Å². The molecule has 40 heavy (non-hydrogen) atoms. The predicted molar refractivity (Wildman–Crippen MR) is 154 cm³/mol. The zero-order valence-corrected chi connectivity index (χ0v) is 25.0.